The zero-order chi connectivity index (χ0) is 37.0. The maximum Gasteiger partial charge on any atom is 0.255 e. The minimum absolute atomic E-state index is 0.0113. The number of anilines is 2. The van der Waals surface area contributed by atoms with Gasteiger partial charge < -0.3 is 10.6 Å². The Labute approximate surface area is 309 Å². The van der Waals surface area contributed by atoms with Crippen molar-refractivity contribution in [3.8, 4) is 0 Å². The van der Waals surface area contributed by atoms with E-state index in [0.29, 0.717) is 33.5 Å². The lowest BCUT2D eigenvalue weighted by molar-refractivity contribution is 0.101. The predicted molar refractivity (Wildman–Crippen MR) is 214 cm³/mol. The van der Waals surface area contributed by atoms with Crippen molar-refractivity contribution in [2.75, 3.05) is 10.6 Å². The third-order valence-electron chi connectivity index (χ3n) is 11.2. The zero-order valence-corrected chi connectivity index (χ0v) is 31.0. The summed E-state index contributed by atoms with van der Waals surface area (Å²) in [4.78, 5) is 46.7. The maximum absolute atomic E-state index is 13.4. The lowest BCUT2D eigenvalue weighted by Crippen LogP contribution is -2.25. The number of allylic oxidation sites excluding steroid dienone is 10. The van der Waals surface area contributed by atoms with Gasteiger partial charge in [0, 0.05) is 40.4 Å². The number of fused-ring (bicyclic) bond motifs is 6. The summed E-state index contributed by atoms with van der Waals surface area (Å²) in [7, 11) is 0. The third-order valence-corrected chi connectivity index (χ3v) is 11.2. The number of amides is 2. The van der Waals surface area contributed by atoms with E-state index in [1.165, 1.54) is 22.3 Å². The van der Waals surface area contributed by atoms with Gasteiger partial charge in [-0.2, -0.15) is 0 Å². The van der Waals surface area contributed by atoms with E-state index in [2.05, 4.69) is 75.6 Å². The molecule has 0 saturated carbocycles. The van der Waals surface area contributed by atoms with Crippen LogP contribution in [-0.4, -0.2) is 31.8 Å². The molecule has 0 saturated heterocycles. The maximum atomic E-state index is 13.4. The number of nitrogens with zero attached hydrogens (tertiary/aromatic N) is 4. The molecule has 2 N–H and O–H groups in total. The normalized spacial score (nSPS) is 21.1. The van der Waals surface area contributed by atoms with Crippen LogP contribution in [0.2, 0.25) is 0 Å². The van der Waals surface area contributed by atoms with Crippen LogP contribution in [0.3, 0.4) is 0 Å². The summed E-state index contributed by atoms with van der Waals surface area (Å²) >= 11 is 0. The van der Waals surface area contributed by atoms with Crippen molar-refractivity contribution in [1.29, 1.82) is 0 Å². The Morgan fingerprint density at radius 3 is 1.92 bits per heavy atom. The molecule has 8 heteroatoms. The molecule has 0 aliphatic heterocycles. The molecule has 8 rings (SSSR count). The number of nitrogens with one attached hydrogen (secondary N) is 2. The molecule has 2 aromatic heterocycles. The van der Waals surface area contributed by atoms with E-state index in [0.717, 1.165) is 58.6 Å². The number of hydrogen-bond donors (Lipinski definition) is 2. The van der Waals surface area contributed by atoms with Gasteiger partial charge in [0.2, 0.25) is 0 Å². The van der Waals surface area contributed by atoms with Gasteiger partial charge in [-0.1, -0.05) is 56.7 Å². The van der Waals surface area contributed by atoms with E-state index in [1.54, 1.807) is 48.5 Å². The van der Waals surface area contributed by atoms with E-state index in [1.807, 2.05) is 19.1 Å². The van der Waals surface area contributed by atoms with Gasteiger partial charge in [0.15, 0.2) is 0 Å². The predicted octanol–water partition coefficient (Wildman–Crippen LogP) is 10.2. The fourth-order valence-corrected chi connectivity index (χ4v) is 7.94. The van der Waals surface area contributed by atoms with Crippen molar-refractivity contribution in [3.05, 3.63) is 136 Å². The first-order valence-electron chi connectivity index (χ1n) is 18.4. The standard InChI is InChI=1S/C45H42N6O2/c1-7-25(5)33-24-38-40(30(33)8-2)50-36-22-26(13-19-34(36)48-38)43(52)46-28-15-17-29(18-16-28)47-44(53)27-14-20-35-37(23-27)51-42-32-12-11-21-45(6,10-4)39(32)31(9-3)41(42)49-35/h8-9,11-23,39H,7,10,24H2,1-6H3,(H,46,52)(H,47,53)/b30-8+,31-9+,33-25+/t39?,45-/m1/s1. The Kier molecular flexibility index (Phi) is 8.48. The van der Waals surface area contributed by atoms with Crippen LogP contribution in [0.5, 0.6) is 0 Å². The number of carbonyl (C=O) groups is 2. The highest BCUT2D eigenvalue weighted by atomic mass is 16.2. The molecule has 264 valence electrons. The molecule has 5 aromatic rings. The molecular weight excluding hydrogens is 657 g/mol. The first kappa shape index (κ1) is 34.1. The molecule has 2 amide bonds. The summed E-state index contributed by atoms with van der Waals surface area (Å²) in [5.74, 6) is -0.301. The van der Waals surface area contributed by atoms with Crippen LogP contribution in [0.25, 0.3) is 38.8 Å². The topological polar surface area (TPSA) is 110 Å². The summed E-state index contributed by atoms with van der Waals surface area (Å²) in [5, 5.41) is 5.94. The summed E-state index contributed by atoms with van der Waals surface area (Å²) in [6, 6.07) is 17.9. The molecule has 8 nitrogen and oxygen atoms in total. The van der Waals surface area contributed by atoms with Gasteiger partial charge in [0.1, 0.15) is 0 Å². The first-order chi connectivity index (χ1) is 25.6. The second-order valence-electron chi connectivity index (χ2n) is 14.3. The van der Waals surface area contributed by atoms with Gasteiger partial charge >= 0.3 is 0 Å². The molecule has 0 radical (unpaired) electrons. The van der Waals surface area contributed by atoms with Crippen LogP contribution in [-0.2, 0) is 6.42 Å². The average Bonchev–Trinajstić information content (AvgIpc) is 3.70. The van der Waals surface area contributed by atoms with Crippen LogP contribution in [0.1, 0.15) is 97.9 Å². The molecule has 3 aliphatic carbocycles. The second kappa shape index (κ2) is 13.2. The molecule has 0 bridgehead atoms. The Hall–Kier alpha value is -6.02. The van der Waals surface area contributed by atoms with Crippen LogP contribution >= 0.6 is 0 Å². The van der Waals surface area contributed by atoms with Gasteiger partial charge in [-0.3, -0.25) is 9.59 Å². The third kappa shape index (κ3) is 5.79. The van der Waals surface area contributed by atoms with Crippen LogP contribution in [0.15, 0.2) is 102 Å². The van der Waals surface area contributed by atoms with Crippen molar-refractivity contribution < 1.29 is 9.59 Å². The van der Waals surface area contributed by atoms with E-state index in [4.69, 9.17) is 19.9 Å². The number of carbonyl (C=O) groups excluding carboxylic acids is 2. The van der Waals surface area contributed by atoms with Crippen LogP contribution in [0, 0.1) is 11.3 Å². The number of benzene rings is 3. The molecule has 1 unspecified atom stereocenters. The Morgan fingerprint density at radius 2 is 1.36 bits per heavy atom. The summed E-state index contributed by atoms with van der Waals surface area (Å²) in [5.41, 5.74) is 14.9. The zero-order valence-electron chi connectivity index (χ0n) is 31.0. The number of rotatable bonds is 6. The number of hydrogen-bond acceptors (Lipinski definition) is 6. The Bertz CT molecular complexity index is 2540. The SMILES string of the molecule is C/C=C1\C(=C(/C)CC)Cc2nc3ccc(C(=O)Nc4ccc(NC(=O)c5ccc6nc7c(nc6c5)C5=CC=C[C@@](C)(CC)C5/C7=C\C)cc4)cc3nc21. The van der Waals surface area contributed by atoms with Gasteiger partial charge in [0.25, 0.3) is 11.8 Å². The van der Waals surface area contributed by atoms with Crippen molar-refractivity contribution in [1.82, 2.24) is 19.9 Å². The van der Waals surface area contributed by atoms with E-state index in [9.17, 15) is 9.59 Å². The largest absolute Gasteiger partial charge is 0.322 e. The lowest BCUT2D eigenvalue weighted by atomic mass is 9.68. The second-order valence-corrected chi connectivity index (χ2v) is 14.3. The lowest BCUT2D eigenvalue weighted by Gasteiger charge is -2.35. The highest BCUT2D eigenvalue weighted by Crippen LogP contribution is 2.55. The molecule has 53 heavy (non-hydrogen) atoms. The highest BCUT2D eigenvalue weighted by Gasteiger charge is 2.44. The van der Waals surface area contributed by atoms with Crippen LogP contribution < -0.4 is 10.6 Å². The molecule has 0 fully saturated rings. The number of aromatic nitrogens is 4. The quantitative estimate of drug-likeness (QED) is 0.183. The fourth-order valence-electron chi connectivity index (χ4n) is 7.94. The summed E-state index contributed by atoms with van der Waals surface area (Å²) in [6.45, 7) is 13.0. The van der Waals surface area contributed by atoms with Crippen molar-refractivity contribution in [3.63, 3.8) is 0 Å². The average molecular weight is 699 g/mol. The van der Waals surface area contributed by atoms with Crippen molar-refractivity contribution in [2.45, 2.75) is 60.8 Å². The Morgan fingerprint density at radius 1 is 0.774 bits per heavy atom. The van der Waals surface area contributed by atoms with Gasteiger partial charge in [-0.25, -0.2) is 19.9 Å². The minimum atomic E-state index is -0.256. The first-order valence-corrected chi connectivity index (χ1v) is 18.4. The monoisotopic (exact) mass is 698 g/mol. The molecular formula is C45H42N6O2. The molecule has 2 heterocycles. The Balaban J connectivity index is 0.971. The molecule has 3 aromatic carbocycles. The van der Waals surface area contributed by atoms with Crippen LogP contribution in [0.4, 0.5) is 11.4 Å². The minimum Gasteiger partial charge on any atom is -0.322 e. The molecule has 3 aliphatic rings. The van der Waals surface area contributed by atoms with E-state index in [-0.39, 0.29) is 23.1 Å². The summed E-state index contributed by atoms with van der Waals surface area (Å²) in [6.07, 6.45) is 13.6. The van der Waals surface area contributed by atoms with Gasteiger partial charge in [0.05, 0.1) is 44.8 Å². The van der Waals surface area contributed by atoms with Gasteiger partial charge in [-0.05, 0) is 116 Å². The van der Waals surface area contributed by atoms with E-state index >= 15 is 0 Å². The molecule has 2 atom stereocenters. The fraction of sp³-hybridized carbons (Fsp3) is 0.244. The van der Waals surface area contributed by atoms with Crippen molar-refractivity contribution >= 4 is 62.0 Å². The summed E-state index contributed by atoms with van der Waals surface area (Å²) < 4.78 is 0. The smallest absolute Gasteiger partial charge is 0.255 e. The highest BCUT2D eigenvalue weighted by molar-refractivity contribution is 6.08. The van der Waals surface area contributed by atoms with Gasteiger partial charge in [-0.15, -0.1) is 0 Å². The van der Waals surface area contributed by atoms with E-state index < -0.39 is 0 Å². The molecule has 0 spiro atoms. The van der Waals surface area contributed by atoms with Crippen molar-refractivity contribution in [2.24, 2.45) is 11.3 Å².